The summed E-state index contributed by atoms with van der Waals surface area (Å²) in [6, 6.07) is 10.4. The van der Waals surface area contributed by atoms with E-state index in [-0.39, 0.29) is 5.91 Å². The molecule has 2 heterocycles. The van der Waals surface area contributed by atoms with Crippen LogP contribution in [0.1, 0.15) is 19.7 Å². The number of carbonyl (C=O) groups is 1. The second-order valence-corrected chi connectivity index (χ2v) is 8.09. The van der Waals surface area contributed by atoms with Crippen molar-refractivity contribution in [3.05, 3.63) is 36.2 Å². The molecule has 1 aliphatic heterocycles. The van der Waals surface area contributed by atoms with Crippen LogP contribution in [0.25, 0.3) is 0 Å². The quantitative estimate of drug-likeness (QED) is 0.512. The van der Waals surface area contributed by atoms with Crippen molar-refractivity contribution in [1.82, 2.24) is 14.9 Å². The molecule has 7 nitrogen and oxygen atoms in total. The number of hydrogen-bond donors (Lipinski definition) is 1. The van der Waals surface area contributed by atoms with Gasteiger partial charge in [-0.15, -0.1) is 11.8 Å². The molecule has 1 fully saturated rings. The van der Waals surface area contributed by atoms with Crippen molar-refractivity contribution in [2.75, 3.05) is 67.2 Å². The molecule has 0 saturated carbocycles. The molecule has 1 amide bonds. The summed E-state index contributed by atoms with van der Waals surface area (Å²) in [6.45, 7) is 11.7. The molecule has 1 aliphatic rings. The van der Waals surface area contributed by atoms with Crippen molar-refractivity contribution < 1.29 is 4.79 Å². The van der Waals surface area contributed by atoms with Gasteiger partial charge in [-0.1, -0.05) is 18.2 Å². The summed E-state index contributed by atoms with van der Waals surface area (Å²) >= 11 is 1.54. The first-order valence-corrected chi connectivity index (χ1v) is 11.8. The van der Waals surface area contributed by atoms with Gasteiger partial charge in [0.15, 0.2) is 5.82 Å². The molecule has 162 valence electrons. The molecule has 1 saturated heterocycles. The molecule has 30 heavy (non-hydrogen) atoms. The molecule has 0 unspecified atom stereocenters. The standard InChI is InChI=1S/C22H32N6OS/c1-5-27(6-2)21-20(22(30-4)24-17(3)23-21)25-19(29)16-26-12-14-28(15-13-26)18-10-8-7-9-11-18/h7-11H,5-6,12-16H2,1-4H3,(H,25,29). The number of anilines is 3. The summed E-state index contributed by atoms with van der Waals surface area (Å²) < 4.78 is 0. The number of rotatable bonds is 8. The predicted molar refractivity (Wildman–Crippen MR) is 126 cm³/mol. The van der Waals surface area contributed by atoms with E-state index in [0.29, 0.717) is 6.54 Å². The molecule has 0 atom stereocenters. The third kappa shape index (κ3) is 5.43. The van der Waals surface area contributed by atoms with Gasteiger partial charge in [-0.25, -0.2) is 9.97 Å². The molecule has 1 N–H and O–H groups in total. The van der Waals surface area contributed by atoms with Gasteiger partial charge in [-0.3, -0.25) is 9.69 Å². The smallest absolute Gasteiger partial charge is 0.238 e. The maximum Gasteiger partial charge on any atom is 0.238 e. The largest absolute Gasteiger partial charge is 0.369 e. The average molecular weight is 429 g/mol. The summed E-state index contributed by atoms with van der Waals surface area (Å²) in [4.78, 5) is 28.8. The number of amides is 1. The van der Waals surface area contributed by atoms with Crippen LogP contribution in [0.5, 0.6) is 0 Å². The fourth-order valence-corrected chi connectivity index (χ4v) is 4.30. The van der Waals surface area contributed by atoms with Crippen LogP contribution in [0.4, 0.5) is 17.2 Å². The summed E-state index contributed by atoms with van der Waals surface area (Å²) in [5, 5.41) is 3.93. The molecule has 1 aromatic heterocycles. The van der Waals surface area contributed by atoms with Gasteiger partial charge >= 0.3 is 0 Å². The second-order valence-electron chi connectivity index (χ2n) is 7.30. The minimum absolute atomic E-state index is 0.0145. The molecule has 2 aromatic rings. The van der Waals surface area contributed by atoms with Gasteiger partial charge in [0.2, 0.25) is 5.91 Å². The Kier molecular flexibility index (Phi) is 7.93. The summed E-state index contributed by atoms with van der Waals surface area (Å²) in [6.07, 6.45) is 1.98. The Morgan fingerprint density at radius 2 is 1.77 bits per heavy atom. The molecular formula is C22H32N6OS. The molecule has 8 heteroatoms. The van der Waals surface area contributed by atoms with Crippen LogP contribution in [-0.2, 0) is 4.79 Å². The zero-order chi connectivity index (χ0) is 21.5. The Morgan fingerprint density at radius 3 is 2.37 bits per heavy atom. The van der Waals surface area contributed by atoms with E-state index >= 15 is 0 Å². The number of piperazine rings is 1. The van der Waals surface area contributed by atoms with E-state index < -0.39 is 0 Å². The van der Waals surface area contributed by atoms with Crippen molar-refractivity contribution in [3.63, 3.8) is 0 Å². The van der Waals surface area contributed by atoms with Gasteiger partial charge in [0.05, 0.1) is 6.54 Å². The molecule has 0 aliphatic carbocycles. The Bertz CT molecular complexity index is 835. The van der Waals surface area contributed by atoms with E-state index in [4.69, 9.17) is 0 Å². The fourth-order valence-electron chi connectivity index (χ4n) is 3.73. The van der Waals surface area contributed by atoms with E-state index in [2.05, 4.69) is 68.1 Å². The molecule has 0 spiro atoms. The lowest BCUT2D eigenvalue weighted by Crippen LogP contribution is -2.48. The van der Waals surface area contributed by atoms with Crippen molar-refractivity contribution >= 4 is 34.9 Å². The van der Waals surface area contributed by atoms with Gasteiger partial charge in [0.25, 0.3) is 0 Å². The first-order chi connectivity index (χ1) is 14.5. The van der Waals surface area contributed by atoms with E-state index in [1.165, 1.54) is 17.4 Å². The Hall–Kier alpha value is -2.32. The van der Waals surface area contributed by atoms with Crippen molar-refractivity contribution in [3.8, 4) is 0 Å². The van der Waals surface area contributed by atoms with E-state index in [1.54, 1.807) is 0 Å². The Balaban J connectivity index is 1.65. The highest BCUT2D eigenvalue weighted by Crippen LogP contribution is 2.32. The van der Waals surface area contributed by atoms with Crippen LogP contribution in [0, 0.1) is 6.92 Å². The van der Waals surface area contributed by atoms with Crippen LogP contribution >= 0.6 is 11.8 Å². The lowest BCUT2D eigenvalue weighted by molar-refractivity contribution is -0.117. The van der Waals surface area contributed by atoms with Crippen LogP contribution < -0.4 is 15.1 Å². The SMILES string of the molecule is CCN(CC)c1nc(C)nc(SC)c1NC(=O)CN1CCN(c2ccccc2)CC1. The zero-order valence-electron chi connectivity index (χ0n) is 18.4. The third-order valence-electron chi connectivity index (χ3n) is 5.35. The highest BCUT2D eigenvalue weighted by molar-refractivity contribution is 7.98. The highest BCUT2D eigenvalue weighted by Gasteiger charge is 2.22. The monoisotopic (exact) mass is 428 g/mol. The average Bonchev–Trinajstić information content (AvgIpc) is 2.77. The van der Waals surface area contributed by atoms with Crippen molar-refractivity contribution in [2.24, 2.45) is 0 Å². The second kappa shape index (κ2) is 10.6. The van der Waals surface area contributed by atoms with Crippen LogP contribution in [0.2, 0.25) is 0 Å². The first-order valence-electron chi connectivity index (χ1n) is 10.6. The van der Waals surface area contributed by atoms with Gasteiger partial charge < -0.3 is 15.1 Å². The van der Waals surface area contributed by atoms with Crippen LogP contribution in [0.15, 0.2) is 35.4 Å². The molecule has 3 rings (SSSR count). The van der Waals surface area contributed by atoms with Gasteiger partial charge in [0, 0.05) is 45.0 Å². The van der Waals surface area contributed by atoms with Crippen LogP contribution in [-0.4, -0.2) is 72.8 Å². The summed E-state index contributed by atoms with van der Waals surface area (Å²) in [5.41, 5.74) is 1.97. The summed E-state index contributed by atoms with van der Waals surface area (Å²) in [7, 11) is 0. The lowest BCUT2D eigenvalue weighted by Gasteiger charge is -2.35. The Labute approximate surface area is 183 Å². The number of benzene rings is 1. The molecule has 1 aromatic carbocycles. The number of thioether (sulfide) groups is 1. The number of aryl methyl sites for hydroxylation is 1. The molecule has 0 bridgehead atoms. The van der Waals surface area contributed by atoms with Crippen molar-refractivity contribution in [1.29, 1.82) is 0 Å². The van der Waals surface area contributed by atoms with E-state index in [9.17, 15) is 4.79 Å². The van der Waals surface area contributed by atoms with Crippen LogP contribution in [0.3, 0.4) is 0 Å². The predicted octanol–water partition coefficient (Wildman–Crippen LogP) is 3.11. The lowest BCUT2D eigenvalue weighted by atomic mass is 10.2. The maximum atomic E-state index is 12.9. The minimum atomic E-state index is -0.0145. The fraction of sp³-hybridized carbons (Fsp3) is 0.500. The normalized spacial score (nSPS) is 14.6. The maximum absolute atomic E-state index is 12.9. The first kappa shape index (κ1) is 22.4. The summed E-state index contributed by atoms with van der Waals surface area (Å²) in [5.74, 6) is 1.51. The van der Waals surface area contributed by atoms with Gasteiger partial charge in [-0.2, -0.15) is 0 Å². The molecule has 0 radical (unpaired) electrons. The number of carbonyl (C=O) groups excluding carboxylic acids is 1. The number of hydrogen-bond acceptors (Lipinski definition) is 7. The number of para-hydroxylation sites is 1. The van der Waals surface area contributed by atoms with Gasteiger partial charge in [0.1, 0.15) is 16.5 Å². The van der Waals surface area contributed by atoms with Gasteiger partial charge in [-0.05, 0) is 39.2 Å². The molecular weight excluding hydrogens is 396 g/mol. The highest BCUT2D eigenvalue weighted by atomic mass is 32.2. The number of aromatic nitrogens is 2. The minimum Gasteiger partial charge on any atom is -0.369 e. The van der Waals surface area contributed by atoms with E-state index in [0.717, 1.165) is 61.6 Å². The third-order valence-corrected chi connectivity index (χ3v) is 6.03. The van der Waals surface area contributed by atoms with Crippen molar-refractivity contribution in [2.45, 2.75) is 25.8 Å². The number of nitrogens with zero attached hydrogens (tertiary/aromatic N) is 5. The zero-order valence-corrected chi connectivity index (χ0v) is 19.2. The van der Waals surface area contributed by atoms with E-state index in [1.807, 2.05) is 19.2 Å². The Morgan fingerprint density at radius 1 is 1.10 bits per heavy atom. The topological polar surface area (TPSA) is 64.6 Å². The number of nitrogens with one attached hydrogen (secondary N) is 1.